The lowest BCUT2D eigenvalue weighted by atomic mass is 9.84. The maximum Gasteiger partial charge on any atom is 0.228 e. The summed E-state index contributed by atoms with van der Waals surface area (Å²) < 4.78 is 33.2. The molecule has 2 aromatic rings. The van der Waals surface area contributed by atoms with Gasteiger partial charge in [-0.1, -0.05) is 13.3 Å². The third-order valence-electron chi connectivity index (χ3n) is 6.49. The van der Waals surface area contributed by atoms with E-state index >= 15 is 0 Å². The van der Waals surface area contributed by atoms with Gasteiger partial charge in [0.15, 0.2) is 0 Å². The van der Waals surface area contributed by atoms with Crippen LogP contribution < -0.4 is 15.4 Å². The van der Waals surface area contributed by atoms with E-state index in [9.17, 15) is 18.4 Å². The summed E-state index contributed by atoms with van der Waals surface area (Å²) in [5.74, 6) is -1.13. The van der Waals surface area contributed by atoms with Crippen molar-refractivity contribution in [3.63, 3.8) is 0 Å². The van der Waals surface area contributed by atoms with Crippen LogP contribution >= 0.6 is 0 Å². The first kappa shape index (κ1) is 22.2. The van der Waals surface area contributed by atoms with Gasteiger partial charge in [-0.2, -0.15) is 0 Å². The van der Waals surface area contributed by atoms with Crippen molar-refractivity contribution in [2.24, 2.45) is 11.3 Å². The van der Waals surface area contributed by atoms with Crippen molar-refractivity contribution in [1.82, 2.24) is 10.3 Å². The summed E-state index contributed by atoms with van der Waals surface area (Å²) in [6.07, 6.45) is 5.82. The Labute approximate surface area is 185 Å². The molecule has 0 radical (unpaired) electrons. The Morgan fingerprint density at radius 1 is 1.16 bits per heavy atom. The smallest absolute Gasteiger partial charge is 0.228 e. The van der Waals surface area contributed by atoms with Gasteiger partial charge in [-0.05, 0) is 50.3 Å². The second-order valence-corrected chi connectivity index (χ2v) is 8.98. The van der Waals surface area contributed by atoms with Crippen LogP contribution in [0.25, 0.3) is 11.1 Å². The molecule has 2 saturated carbocycles. The largest absolute Gasteiger partial charge is 0.496 e. The van der Waals surface area contributed by atoms with Gasteiger partial charge in [-0.15, -0.1) is 0 Å². The number of pyridine rings is 1. The molecule has 170 valence electrons. The van der Waals surface area contributed by atoms with Gasteiger partial charge in [0.1, 0.15) is 23.2 Å². The number of rotatable bonds is 6. The normalized spacial score (nSPS) is 21.5. The predicted octanol–water partition coefficient (Wildman–Crippen LogP) is 4.45. The van der Waals surface area contributed by atoms with Gasteiger partial charge in [0.2, 0.25) is 11.8 Å². The van der Waals surface area contributed by atoms with E-state index in [2.05, 4.69) is 15.6 Å². The minimum absolute atomic E-state index is 0.0235. The van der Waals surface area contributed by atoms with Crippen molar-refractivity contribution in [3.05, 3.63) is 42.1 Å². The summed E-state index contributed by atoms with van der Waals surface area (Å²) in [5.41, 5.74) is 0.266. The fraction of sp³-hybridized carbons (Fsp3) is 0.458. The number of nitrogens with one attached hydrogen (secondary N) is 2. The molecule has 0 bridgehead atoms. The van der Waals surface area contributed by atoms with Crippen molar-refractivity contribution in [3.8, 4) is 16.9 Å². The molecule has 6 nitrogen and oxygen atoms in total. The Balaban J connectivity index is 1.45. The minimum Gasteiger partial charge on any atom is -0.496 e. The van der Waals surface area contributed by atoms with Crippen molar-refractivity contribution in [2.45, 2.75) is 51.5 Å². The van der Waals surface area contributed by atoms with Crippen molar-refractivity contribution in [1.29, 1.82) is 0 Å². The van der Waals surface area contributed by atoms with E-state index in [1.807, 2.05) is 6.92 Å². The molecule has 0 saturated heterocycles. The SMILES string of the molecule is COc1cc(F)ccc1-c1cc(NC(=O)[C@H]2CCC[C@@H](NC(=O)C3(C)CC3)C2)ncc1F. The molecule has 2 aliphatic rings. The maximum atomic E-state index is 14.5. The van der Waals surface area contributed by atoms with Gasteiger partial charge in [0, 0.05) is 34.6 Å². The van der Waals surface area contributed by atoms with Gasteiger partial charge in [0.05, 0.1) is 13.3 Å². The number of ether oxygens (including phenoxy) is 1. The maximum absolute atomic E-state index is 14.5. The second-order valence-electron chi connectivity index (χ2n) is 8.98. The van der Waals surface area contributed by atoms with Crippen molar-refractivity contribution < 1.29 is 23.1 Å². The highest BCUT2D eigenvalue weighted by Gasteiger charge is 2.45. The van der Waals surface area contributed by atoms with Crippen LogP contribution in [0, 0.1) is 23.0 Å². The molecule has 2 N–H and O–H groups in total. The van der Waals surface area contributed by atoms with Crippen LogP contribution in [0.4, 0.5) is 14.6 Å². The average molecular weight is 443 g/mol. The fourth-order valence-corrected chi connectivity index (χ4v) is 4.16. The molecule has 0 spiro atoms. The predicted molar refractivity (Wildman–Crippen MR) is 116 cm³/mol. The zero-order valence-corrected chi connectivity index (χ0v) is 18.2. The van der Waals surface area contributed by atoms with E-state index < -0.39 is 11.6 Å². The number of benzene rings is 1. The zero-order valence-electron chi connectivity index (χ0n) is 18.2. The van der Waals surface area contributed by atoms with Gasteiger partial charge < -0.3 is 15.4 Å². The van der Waals surface area contributed by atoms with Gasteiger partial charge >= 0.3 is 0 Å². The number of hydrogen-bond acceptors (Lipinski definition) is 4. The molecule has 2 aliphatic carbocycles. The number of carbonyl (C=O) groups excluding carboxylic acids is 2. The summed E-state index contributed by atoms with van der Waals surface area (Å²) in [4.78, 5) is 29.2. The molecule has 1 aromatic heterocycles. The molecule has 8 heteroatoms. The Kier molecular flexibility index (Phi) is 6.13. The van der Waals surface area contributed by atoms with E-state index in [1.165, 1.54) is 31.4 Å². The first-order chi connectivity index (χ1) is 15.3. The van der Waals surface area contributed by atoms with Crippen LogP contribution in [0.5, 0.6) is 5.75 Å². The fourth-order valence-electron chi connectivity index (χ4n) is 4.16. The molecule has 1 aromatic carbocycles. The third-order valence-corrected chi connectivity index (χ3v) is 6.49. The minimum atomic E-state index is -0.609. The summed E-state index contributed by atoms with van der Waals surface area (Å²) in [6, 6.07) is 5.21. The Morgan fingerprint density at radius 3 is 2.66 bits per heavy atom. The van der Waals surface area contributed by atoms with Crippen LogP contribution in [0.2, 0.25) is 0 Å². The molecular weight excluding hydrogens is 416 g/mol. The highest BCUT2D eigenvalue weighted by atomic mass is 19.1. The Hall–Kier alpha value is -3.03. The monoisotopic (exact) mass is 443 g/mol. The van der Waals surface area contributed by atoms with Crippen LogP contribution in [-0.4, -0.2) is 29.9 Å². The number of hydrogen-bond donors (Lipinski definition) is 2. The van der Waals surface area contributed by atoms with E-state index in [-0.39, 0.29) is 46.3 Å². The van der Waals surface area contributed by atoms with Gasteiger partial charge in [-0.25, -0.2) is 13.8 Å². The van der Waals surface area contributed by atoms with E-state index in [0.717, 1.165) is 38.3 Å². The molecule has 1 heterocycles. The third kappa shape index (κ3) is 4.74. The number of aromatic nitrogens is 1. The van der Waals surface area contributed by atoms with E-state index in [1.54, 1.807) is 0 Å². The lowest BCUT2D eigenvalue weighted by molar-refractivity contribution is -0.128. The molecular formula is C24H27F2N3O3. The molecule has 2 fully saturated rings. The molecule has 2 amide bonds. The molecule has 2 atom stereocenters. The lowest BCUT2D eigenvalue weighted by Crippen LogP contribution is -2.43. The number of anilines is 1. The Bertz CT molecular complexity index is 1040. The van der Waals surface area contributed by atoms with Gasteiger partial charge in [-0.3, -0.25) is 9.59 Å². The number of amides is 2. The lowest BCUT2D eigenvalue weighted by Gasteiger charge is -2.29. The van der Waals surface area contributed by atoms with Crippen LogP contribution in [0.1, 0.15) is 45.4 Å². The highest BCUT2D eigenvalue weighted by Crippen LogP contribution is 2.45. The molecule has 32 heavy (non-hydrogen) atoms. The van der Waals surface area contributed by atoms with Crippen molar-refractivity contribution in [2.75, 3.05) is 12.4 Å². The standard InChI is InChI=1S/C24H27F2N3O3/c1-24(8-9-24)23(31)28-16-5-3-4-14(10-16)22(30)29-21-12-18(19(26)13-27-21)17-7-6-15(25)11-20(17)32-2/h6-7,11-14,16H,3-5,8-10H2,1-2H3,(H,28,31)(H,27,29,30)/t14-,16+/m0/s1. The topological polar surface area (TPSA) is 80.3 Å². The average Bonchev–Trinajstić information content (AvgIpc) is 3.54. The second kappa shape index (κ2) is 8.84. The Morgan fingerprint density at radius 2 is 1.94 bits per heavy atom. The zero-order chi connectivity index (χ0) is 22.9. The quantitative estimate of drug-likeness (QED) is 0.691. The summed E-state index contributed by atoms with van der Waals surface area (Å²) >= 11 is 0. The summed E-state index contributed by atoms with van der Waals surface area (Å²) in [5, 5.41) is 5.87. The van der Waals surface area contributed by atoms with Gasteiger partial charge in [0.25, 0.3) is 0 Å². The molecule has 4 rings (SSSR count). The number of methoxy groups -OCH3 is 1. The molecule has 0 unspecified atom stereocenters. The molecule has 0 aliphatic heterocycles. The summed E-state index contributed by atoms with van der Waals surface area (Å²) in [7, 11) is 1.38. The first-order valence-electron chi connectivity index (χ1n) is 10.9. The first-order valence-corrected chi connectivity index (χ1v) is 10.9. The number of nitrogens with zero attached hydrogens (tertiary/aromatic N) is 1. The van der Waals surface area contributed by atoms with E-state index in [0.29, 0.717) is 12.0 Å². The number of carbonyl (C=O) groups is 2. The van der Waals surface area contributed by atoms with E-state index in [4.69, 9.17) is 4.74 Å². The van der Waals surface area contributed by atoms with Crippen molar-refractivity contribution >= 4 is 17.6 Å². The number of halogens is 2. The van der Waals surface area contributed by atoms with Crippen LogP contribution in [0.15, 0.2) is 30.5 Å². The van der Waals surface area contributed by atoms with Crippen LogP contribution in [0.3, 0.4) is 0 Å². The highest BCUT2D eigenvalue weighted by molar-refractivity contribution is 5.92. The van der Waals surface area contributed by atoms with Crippen LogP contribution in [-0.2, 0) is 9.59 Å². The summed E-state index contributed by atoms with van der Waals surface area (Å²) in [6.45, 7) is 1.96.